The van der Waals surface area contributed by atoms with Crippen LogP contribution in [-0.4, -0.2) is 9.55 Å². The molecular weight excluding hydrogens is 234 g/mol. The van der Waals surface area contributed by atoms with E-state index in [0.717, 1.165) is 17.6 Å². The third kappa shape index (κ3) is 1.96. The predicted octanol–water partition coefficient (Wildman–Crippen LogP) is 3.35. The molecule has 0 amide bonds. The number of fused-ring (bicyclic) bond motifs is 1. The van der Waals surface area contributed by atoms with Crippen molar-refractivity contribution in [3.63, 3.8) is 0 Å². The fraction of sp³-hybridized carbons (Fsp3) is 0.562. The first kappa shape index (κ1) is 12.7. The van der Waals surface area contributed by atoms with Gasteiger partial charge in [0, 0.05) is 18.5 Å². The van der Waals surface area contributed by atoms with Crippen LogP contribution in [0.1, 0.15) is 50.9 Å². The van der Waals surface area contributed by atoms with E-state index < -0.39 is 0 Å². The van der Waals surface area contributed by atoms with Crippen molar-refractivity contribution < 1.29 is 0 Å². The van der Waals surface area contributed by atoms with Crippen molar-refractivity contribution in [3.8, 4) is 0 Å². The summed E-state index contributed by atoms with van der Waals surface area (Å²) in [6, 6.07) is 6.44. The first-order valence-corrected chi connectivity index (χ1v) is 7.37. The summed E-state index contributed by atoms with van der Waals surface area (Å²) < 4.78 is 2.39. The molecule has 1 saturated carbocycles. The Labute approximate surface area is 114 Å². The van der Waals surface area contributed by atoms with Gasteiger partial charge in [-0.1, -0.05) is 25.8 Å². The highest BCUT2D eigenvalue weighted by Crippen LogP contribution is 2.41. The number of aromatic nitrogens is 2. The summed E-state index contributed by atoms with van der Waals surface area (Å²) in [5.41, 5.74) is 9.51. The molecule has 0 unspecified atom stereocenters. The van der Waals surface area contributed by atoms with E-state index in [2.05, 4.69) is 36.6 Å². The topological polar surface area (TPSA) is 43.8 Å². The van der Waals surface area contributed by atoms with Crippen LogP contribution in [0.15, 0.2) is 18.2 Å². The quantitative estimate of drug-likeness (QED) is 0.916. The number of benzene rings is 1. The Bertz CT molecular complexity index is 591. The molecule has 1 fully saturated rings. The Morgan fingerprint density at radius 1 is 1.32 bits per heavy atom. The van der Waals surface area contributed by atoms with Crippen molar-refractivity contribution in [2.24, 2.45) is 5.73 Å². The molecule has 2 aromatic rings. The maximum absolute atomic E-state index is 5.73. The van der Waals surface area contributed by atoms with E-state index in [-0.39, 0.29) is 5.41 Å². The van der Waals surface area contributed by atoms with Crippen LogP contribution in [-0.2, 0) is 18.5 Å². The van der Waals surface area contributed by atoms with Gasteiger partial charge in [-0.15, -0.1) is 0 Å². The molecule has 0 aliphatic heterocycles. The summed E-state index contributed by atoms with van der Waals surface area (Å²) in [4.78, 5) is 4.95. The average molecular weight is 257 g/mol. The first-order valence-electron chi connectivity index (χ1n) is 7.37. The van der Waals surface area contributed by atoms with E-state index >= 15 is 0 Å². The number of aryl methyl sites for hydroxylation is 1. The third-order valence-electron chi connectivity index (χ3n) is 4.61. The molecule has 0 radical (unpaired) electrons. The number of imidazole rings is 1. The SMILES string of the molecule is CCn1c(C2(C)CCCC2)nc2cc(CN)ccc21. The van der Waals surface area contributed by atoms with E-state index in [9.17, 15) is 0 Å². The lowest BCUT2D eigenvalue weighted by atomic mass is 9.88. The van der Waals surface area contributed by atoms with Gasteiger partial charge in [-0.2, -0.15) is 0 Å². The zero-order valence-electron chi connectivity index (χ0n) is 11.9. The molecule has 1 aliphatic rings. The zero-order chi connectivity index (χ0) is 13.5. The van der Waals surface area contributed by atoms with Crippen LogP contribution in [0, 0.1) is 0 Å². The van der Waals surface area contributed by atoms with Gasteiger partial charge in [0.15, 0.2) is 0 Å². The molecule has 102 valence electrons. The number of nitrogens with zero attached hydrogens (tertiary/aromatic N) is 2. The van der Waals surface area contributed by atoms with Gasteiger partial charge in [0.25, 0.3) is 0 Å². The van der Waals surface area contributed by atoms with Gasteiger partial charge >= 0.3 is 0 Å². The fourth-order valence-corrected chi connectivity index (χ4v) is 3.46. The van der Waals surface area contributed by atoms with E-state index in [1.54, 1.807) is 0 Å². The normalized spacial score (nSPS) is 18.3. The lowest BCUT2D eigenvalue weighted by Crippen LogP contribution is -2.22. The van der Waals surface area contributed by atoms with E-state index in [0.29, 0.717) is 6.54 Å². The van der Waals surface area contributed by atoms with Gasteiger partial charge in [-0.25, -0.2) is 4.98 Å². The van der Waals surface area contributed by atoms with Gasteiger partial charge in [0.1, 0.15) is 5.82 Å². The minimum absolute atomic E-state index is 0.262. The highest BCUT2D eigenvalue weighted by molar-refractivity contribution is 5.77. The summed E-state index contributed by atoms with van der Waals surface area (Å²) >= 11 is 0. The molecule has 1 aromatic carbocycles. The van der Waals surface area contributed by atoms with Crippen molar-refractivity contribution in [1.82, 2.24) is 9.55 Å². The van der Waals surface area contributed by atoms with Gasteiger partial charge in [0.2, 0.25) is 0 Å². The molecule has 19 heavy (non-hydrogen) atoms. The summed E-state index contributed by atoms with van der Waals surface area (Å²) in [5.74, 6) is 1.27. The number of nitrogens with two attached hydrogens (primary N) is 1. The van der Waals surface area contributed by atoms with Gasteiger partial charge in [-0.3, -0.25) is 0 Å². The Morgan fingerprint density at radius 3 is 2.68 bits per heavy atom. The van der Waals surface area contributed by atoms with Crippen LogP contribution in [0.5, 0.6) is 0 Å². The Balaban J connectivity index is 2.18. The molecular formula is C16H23N3. The molecule has 1 aliphatic carbocycles. The molecule has 1 aromatic heterocycles. The minimum Gasteiger partial charge on any atom is -0.328 e. The Kier molecular flexibility index (Phi) is 3.09. The van der Waals surface area contributed by atoms with Crippen LogP contribution >= 0.6 is 0 Å². The van der Waals surface area contributed by atoms with Crippen molar-refractivity contribution in [2.45, 2.75) is 58.0 Å². The number of hydrogen-bond acceptors (Lipinski definition) is 2. The van der Waals surface area contributed by atoms with Crippen molar-refractivity contribution in [3.05, 3.63) is 29.6 Å². The summed E-state index contributed by atoms with van der Waals surface area (Å²) in [5, 5.41) is 0. The standard InChI is InChI=1S/C16H23N3/c1-3-19-14-7-6-12(11-17)10-13(14)18-15(19)16(2)8-4-5-9-16/h6-7,10H,3-5,8-9,11,17H2,1-2H3. The molecule has 3 rings (SSSR count). The van der Waals surface area contributed by atoms with Crippen molar-refractivity contribution in [2.75, 3.05) is 0 Å². The Hall–Kier alpha value is -1.35. The first-order chi connectivity index (χ1) is 9.18. The van der Waals surface area contributed by atoms with Gasteiger partial charge in [0.05, 0.1) is 11.0 Å². The zero-order valence-corrected chi connectivity index (χ0v) is 11.9. The van der Waals surface area contributed by atoms with Gasteiger partial charge in [-0.05, 0) is 37.5 Å². The lowest BCUT2D eigenvalue weighted by molar-refractivity contribution is 0.438. The van der Waals surface area contributed by atoms with Crippen LogP contribution in [0.25, 0.3) is 11.0 Å². The largest absolute Gasteiger partial charge is 0.328 e. The highest BCUT2D eigenvalue weighted by Gasteiger charge is 2.35. The fourth-order valence-electron chi connectivity index (χ4n) is 3.46. The molecule has 3 nitrogen and oxygen atoms in total. The average Bonchev–Trinajstić information content (AvgIpc) is 3.02. The Morgan fingerprint density at radius 2 is 2.05 bits per heavy atom. The summed E-state index contributed by atoms with van der Waals surface area (Å²) in [7, 11) is 0. The molecule has 0 saturated heterocycles. The van der Waals surface area contributed by atoms with Crippen LogP contribution < -0.4 is 5.73 Å². The van der Waals surface area contributed by atoms with Crippen LogP contribution in [0.4, 0.5) is 0 Å². The van der Waals surface area contributed by atoms with Crippen molar-refractivity contribution in [1.29, 1.82) is 0 Å². The number of hydrogen-bond donors (Lipinski definition) is 1. The number of rotatable bonds is 3. The summed E-state index contributed by atoms with van der Waals surface area (Å²) in [6.45, 7) is 6.15. The highest BCUT2D eigenvalue weighted by atomic mass is 15.1. The molecule has 0 atom stereocenters. The van der Waals surface area contributed by atoms with E-state index in [4.69, 9.17) is 10.7 Å². The molecule has 0 bridgehead atoms. The van der Waals surface area contributed by atoms with E-state index in [1.165, 1.54) is 37.0 Å². The second-order valence-electron chi connectivity index (χ2n) is 5.97. The third-order valence-corrected chi connectivity index (χ3v) is 4.61. The van der Waals surface area contributed by atoms with Crippen LogP contribution in [0.2, 0.25) is 0 Å². The van der Waals surface area contributed by atoms with Crippen molar-refractivity contribution >= 4 is 11.0 Å². The molecule has 1 heterocycles. The summed E-state index contributed by atoms with van der Waals surface area (Å²) in [6.07, 6.45) is 5.19. The second kappa shape index (κ2) is 4.64. The smallest absolute Gasteiger partial charge is 0.115 e. The van der Waals surface area contributed by atoms with E-state index in [1.807, 2.05) is 0 Å². The lowest BCUT2D eigenvalue weighted by Gasteiger charge is -2.23. The maximum atomic E-state index is 5.73. The van der Waals surface area contributed by atoms with Gasteiger partial charge < -0.3 is 10.3 Å². The predicted molar refractivity (Wildman–Crippen MR) is 79.1 cm³/mol. The monoisotopic (exact) mass is 257 g/mol. The van der Waals surface area contributed by atoms with Crippen LogP contribution in [0.3, 0.4) is 0 Å². The minimum atomic E-state index is 0.262. The molecule has 0 spiro atoms. The second-order valence-corrected chi connectivity index (χ2v) is 5.97. The molecule has 3 heteroatoms. The molecule has 2 N–H and O–H groups in total. The maximum Gasteiger partial charge on any atom is 0.115 e.